The molecule has 1 amide bonds. The van der Waals surface area contributed by atoms with Crippen molar-refractivity contribution in [2.24, 2.45) is 5.92 Å². The molecule has 0 aromatic heterocycles. The molecule has 1 aliphatic heterocycles. The number of rotatable bonds is 9. The topological polar surface area (TPSA) is 87.7 Å². The highest BCUT2D eigenvalue weighted by Gasteiger charge is 2.43. The first-order valence-corrected chi connectivity index (χ1v) is 8.05. The van der Waals surface area contributed by atoms with Crippen molar-refractivity contribution in [3.05, 3.63) is 24.8 Å². The molecule has 5 atom stereocenters. The number of amides is 1. The zero-order valence-corrected chi connectivity index (χ0v) is 14.1. The van der Waals surface area contributed by atoms with Gasteiger partial charge in [-0.3, -0.25) is 14.9 Å². The number of hydrogen-bond acceptors (Lipinski definition) is 4. The second kappa shape index (κ2) is 9.47. The van der Waals surface area contributed by atoms with Crippen LogP contribution in [0.2, 0.25) is 0 Å². The Morgan fingerprint density at radius 3 is 2.70 bits per heavy atom. The molecule has 0 aromatic carbocycles. The van der Waals surface area contributed by atoms with Gasteiger partial charge >= 0.3 is 5.97 Å². The summed E-state index contributed by atoms with van der Waals surface area (Å²) in [6.45, 7) is 9.52. The van der Waals surface area contributed by atoms with Crippen LogP contribution in [0.25, 0.3) is 0 Å². The molecule has 0 bridgehead atoms. The molecule has 3 N–H and O–H groups in total. The molecule has 1 saturated heterocycles. The van der Waals surface area contributed by atoms with Gasteiger partial charge in [-0.05, 0) is 32.6 Å². The number of hydrogen-bond donors (Lipinski definition) is 3. The first-order valence-electron chi connectivity index (χ1n) is 8.05. The van der Waals surface area contributed by atoms with Gasteiger partial charge in [0.2, 0.25) is 5.91 Å². The molecule has 1 fully saturated rings. The Hall–Kier alpha value is -1.66. The second-order valence-corrected chi connectivity index (χ2v) is 5.75. The molecule has 130 valence electrons. The van der Waals surface area contributed by atoms with E-state index < -0.39 is 12.0 Å². The summed E-state index contributed by atoms with van der Waals surface area (Å²) >= 11 is 0. The molecule has 0 saturated carbocycles. The monoisotopic (exact) mass is 324 g/mol. The van der Waals surface area contributed by atoms with Crippen LogP contribution in [0.3, 0.4) is 0 Å². The summed E-state index contributed by atoms with van der Waals surface area (Å²) in [5.41, 5.74) is 0. The summed E-state index contributed by atoms with van der Waals surface area (Å²) < 4.78 is 5.78. The van der Waals surface area contributed by atoms with Gasteiger partial charge in [-0.2, -0.15) is 0 Å². The van der Waals surface area contributed by atoms with Gasteiger partial charge < -0.3 is 15.2 Å². The van der Waals surface area contributed by atoms with Crippen molar-refractivity contribution in [2.75, 3.05) is 6.61 Å². The van der Waals surface area contributed by atoms with Crippen molar-refractivity contribution in [1.29, 1.82) is 0 Å². The molecule has 0 spiro atoms. The first-order chi connectivity index (χ1) is 10.9. The maximum atomic E-state index is 11.6. The van der Waals surface area contributed by atoms with Gasteiger partial charge in [0.05, 0.1) is 12.1 Å². The van der Waals surface area contributed by atoms with E-state index in [1.165, 1.54) is 6.92 Å². The number of carbonyl (C=O) groups is 2. The number of carboxylic acid groups (broad SMARTS) is 1. The van der Waals surface area contributed by atoms with Gasteiger partial charge in [-0.25, -0.2) is 0 Å². The summed E-state index contributed by atoms with van der Waals surface area (Å²) in [7, 11) is 0. The molecule has 0 radical (unpaired) electrons. The lowest BCUT2D eigenvalue weighted by Crippen LogP contribution is -2.57. The van der Waals surface area contributed by atoms with Crippen molar-refractivity contribution < 1.29 is 19.4 Å². The summed E-state index contributed by atoms with van der Waals surface area (Å²) in [6.07, 6.45) is 6.48. The molecular formula is C17H28N2O4. The molecule has 1 aliphatic rings. The van der Waals surface area contributed by atoms with Crippen molar-refractivity contribution in [3.8, 4) is 0 Å². The predicted molar refractivity (Wildman–Crippen MR) is 89.1 cm³/mol. The predicted octanol–water partition coefficient (Wildman–Crippen LogP) is 1.48. The normalized spacial score (nSPS) is 26.8. The van der Waals surface area contributed by atoms with Crippen LogP contribution < -0.4 is 10.6 Å². The third kappa shape index (κ3) is 5.48. The van der Waals surface area contributed by atoms with E-state index in [1.54, 1.807) is 6.08 Å². The Bertz CT molecular complexity index is 450. The average Bonchev–Trinajstić information content (AvgIpc) is 2.89. The summed E-state index contributed by atoms with van der Waals surface area (Å²) in [4.78, 5) is 23.0. The molecule has 0 aliphatic carbocycles. The summed E-state index contributed by atoms with van der Waals surface area (Å²) in [5.74, 6) is -1.02. The van der Waals surface area contributed by atoms with Crippen molar-refractivity contribution in [3.63, 3.8) is 0 Å². The maximum absolute atomic E-state index is 11.6. The number of aliphatic carboxylic acids is 1. The fourth-order valence-corrected chi connectivity index (χ4v) is 3.18. The Labute approximate surface area is 138 Å². The lowest BCUT2D eigenvalue weighted by molar-refractivity contribution is -0.139. The fraction of sp³-hybridized carbons (Fsp3) is 0.647. The molecule has 1 rings (SSSR count). The van der Waals surface area contributed by atoms with Gasteiger partial charge in [0.15, 0.2) is 0 Å². The zero-order chi connectivity index (χ0) is 17.4. The Morgan fingerprint density at radius 1 is 1.52 bits per heavy atom. The van der Waals surface area contributed by atoms with E-state index in [-0.39, 0.29) is 30.0 Å². The van der Waals surface area contributed by atoms with Crippen molar-refractivity contribution in [2.45, 2.75) is 57.8 Å². The highest BCUT2D eigenvalue weighted by atomic mass is 16.5. The van der Waals surface area contributed by atoms with Crippen LogP contribution in [0, 0.1) is 5.92 Å². The van der Waals surface area contributed by atoms with E-state index in [4.69, 9.17) is 4.74 Å². The second-order valence-electron chi connectivity index (χ2n) is 5.75. The summed E-state index contributed by atoms with van der Waals surface area (Å²) in [6, 6.07) is -1.15. The molecule has 0 unspecified atom stereocenters. The number of nitrogens with one attached hydrogen (secondary N) is 2. The van der Waals surface area contributed by atoms with E-state index >= 15 is 0 Å². The molecule has 0 aromatic rings. The average molecular weight is 324 g/mol. The highest BCUT2D eigenvalue weighted by molar-refractivity contribution is 5.75. The zero-order valence-electron chi connectivity index (χ0n) is 14.1. The van der Waals surface area contributed by atoms with Crippen LogP contribution in [0.1, 0.15) is 33.6 Å². The van der Waals surface area contributed by atoms with E-state index in [9.17, 15) is 14.7 Å². The minimum absolute atomic E-state index is 0.0192. The number of allylic oxidation sites excluding steroid dienone is 1. The first kappa shape index (κ1) is 19.4. The van der Waals surface area contributed by atoms with Gasteiger partial charge in [-0.1, -0.05) is 18.2 Å². The molecule has 6 heteroatoms. The van der Waals surface area contributed by atoms with Gasteiger partial charge in [0.1, 0.15) is 6.04 Å². The standard InChI is InChI=1S/C17H28N2O4/c1-5-8-12-10-13(17(21)22)19-15(12)16(18-11(4)20)14(9-6-2)23-7-3/h5-6,8,12-16,19H,2,7,9-10H2,1,3-4H3,(H,18,20)(H,21,22)/b8-5-/t12-,13-,14-,15-,16+/m1/s1. The maximum Gasteiger partial charge on any atom is 0.320 e. The highest BCUT2D eigenvalue weighted by Crippen LogP contribution is 2.27. The molecule has 1 heterocycles. The Kier molecular flexibility index (Phi) is 7.98. The smallest absolute Gasteiger partial charge is 0.320 e. The lowest BCUT2D eigenvalue weighted by atomic mass is 9.89. The largest absolute Gasteiger partial charge is 0.480 e. The van der Waals surface area contributed by atoms with E-state index in [1.807, 2.05) is 26.0 Å². The number of carbonyl (C=O) groups excluding carboxylic acids is 1. The minimum atomic E-state index is -0.875. The quantitative estimate of drug-likeness (QED) is 0.559. The summed E-state index contributed by atoms with van der Waals surface area (Å²) in [5, 5.41) is 15.4. The SMILES string of the molecule is C=CC[C@@H](OCC)[C@H](NC(C)=O)[C@@H]1N[C@@H](C(=O)O)C[C@H]1/C=C\C. The van der Waals surface area contributed by atoms with Crippen LogP contribution in [0.15, 0.2) is 24.8 Å². The van der Waals surface area contributed by atoms with E-state index in [2.05, 4.69) is 17.2 Å². The molecule has 6 nitrogen and oxygen atoms in total. The number of carboxylic acids is 1. The van der Waals surface area contributed by atoms with Crippen LogP contribution in [0.4, 0.5) is 0 Å². The van der Waals surface area contributed by atoms with Gasteiger partial charge in [-0.15, -0.1) is 6.58 Å². The van der Waals surface area contributed by atoms with Gasteiger partial charge in [0.25, 0.3) is 0 Å². The van der Waals surface area contributed by atoms with Crippen LogP contribution in [-0.2, 0) is 14.3 Å². The number of ether oxygens (including phenoxy) is 1. The lowest BCUT2D eigenvalue weighted by Gasteiger charge is -2.34. The van der Waals surface area contributed by atoms with Crippen LogP contribution >= 0.6 is 0 Å². The van der Waals surface area contributed by atoms with Crippen LogP contribution in [0.5, 0.6) is 0 Å². The van der Waals surface area contributed by atoms with Crippen LogP contribution in [-0.4, -0.2) is 47.8 Å². The van der Waals surface area contributed by atoms with E-state index in [0.717, 1.165) is 0 Å². The minimum Gasteiger partial charge on any atom is -0.480 e. The fourth-order valence-electron chi connectivity index (χ4n) is 3.18. The Morgan fingerprint density at radius 2 is 2.22 bits per heavy atom. The third-order valence-corrected chi connectivity index (χ3v) is 4.04. The Balaban J connectivity index is 3.07. The van der Waals surface area contributed by atoms with E-state index in [0.29, 0.717) is 19.4 Å². The van der Waals surface area contributed by atoms with Gasteiger partial charge in [0, 0.05) is 19.6 Å². The molecule has 23 heavy (non-hydrogen) atoms. The third-order valence-electron chi connectivity index (χ3n) is 4.04. The van der Waals surface area contributed by atoms with Crippen molar-refractivity contribution >= 4 is 11.9 Å². The molecular weight excluding hydrogens is 296 g/mol. The van der Waals surface area contributed by atoms with Crippen molar-refractivity contribution in [1.82, 2.24) is 10.6 Å².